The minimum Gasteiger partial charge on any atom is -0.508 e. The Balaban J connectivity index is 2.07. The van der Waals surface area contributed by atoms with Crippen LogP contribution in [0.2, 0.25) is 0 Å². The van der Waals surface area contributed by atoms with Crippen molar-refractivity contribution in [2.45, 2.75) is 23.8 Å². The minimum atomic E-state index is -3.61. The van der Waals surface area contributed by atoms with Gasteiger partial charge < -0.3 is 10.4 Å². The van der Waals surface area contributed by atoms with E-state index < -0.39 is 10.0 Å². The minimum absolute atomic E-state index is 0.0129. The van der Waals surface area contributed by atoms with E-state index >= 15 is 0 Å². The first-order valence-electron chi connectivity index (χ1n) is 5.55. The third kappa shape index (κ3) is 2.99. The van der Waals surface area contributed by atoms with Crippen LogP contribution < -0.4 is 10.0 Å². The molecule has 0 aromatic heterocycles. The molecule has 98 valence electrons. The van der Waals surface area contributed by atoms with Gasteiger partial charge in [-0.2, -0.15) is 0 Å². The molecule has 0 spiro atoms. The first-order valence-corrected chi connectivity index (χ1v) is 7.04. The van der Waals surface area contributed by atoms with Crippen LogP contribution in [0.4, 0.5) is 0 Å². The van der Waals surface area contributed by atoms with Gasteiger partial charge in [-0.05, 0) is 30.7 Å². The molecule has 1 amide bonds. The first-order chi connectivity index (χ1) is 8.47. The van der Waals surface area contributed by atoms with Crippen molar-refractivity contribution in [1.29, 1.82) is 0 Å². The molecule has 1 saturated heterocycles. The van der Waals surface area contributed by atoms with E-state index in [1.807, 2.05) is 0 Å². The average Bonchev–Trinajstić information content (AvgIpc) is 2.32. The standard InChI is InChI=1S/C11H14N2O4S/c14-9-2-4-10(5-3-9)18(16,17)13-8-1-6-11(15)12-7-8/h2-5,8,13-14H,1,6-7H2,(H,12,15). The Morgan fingerprint density at radius 2 is 1.94 bits per heavy atom. The summed E-state index contributed by atoms with van der Waals surface area (Å²) in [6.07, 6.45) is 0.811. The maximum Gasteiger partial charge on any atom is 0.240 e. The van der Waals surface area contributed by atoms with E-state index in [9.17, 15) is 13.2 Å². The number of rotatable bonds is 3. The van der Waals surface area contributed by atoms with E-state index in [-0.39, 0.29) is 22.6 Å². The Kier molecular flexibility index (Phi) is 3.53. The number of carbonyl (C=O) groups excluding carboxylic acids is 1. The monoisotopic (exact) mass is 270 g/mol. The number of phenols is 1. The molecule has 18 heavy (non-hydrogen) atoms. The van der Waals surface area contributed by atoms with Gasteiger partial charge >= 0.3 is 0 Å². The van der Waals surface area contributed by atoms with E-state index in [1.165, 1.54) is 24.3 Å². The molecular formula is C11H14N2O4S. The number of sulfonamides is 1. The quantitative estimate of drug-likeness (QED) is 0.717. The van der Waals surface area contributed by atoms with Crippen LogP contribution in [0.25, 0.3) is 0 Å². The zero-order chi connectivity index (χ0) is 13.2. The SMILES string of the molecule is O=C1CCC(NS(=O)(=O)c2ccc(O)cc2)CN1. The molecule has 0 radical (unpaired) electrons. The smallest absolute Gasteiger partial charge is 0.240 e. The number of benzene rings is 1. The number of nitrogens with one attached hydrogen (secondary N) is 2. The fraction of sp³-hybridized carbons (Fsp3) is 0.364. The Hall–Kier alpha value is -1.60. The molecule has 3 N–H and O–H groups in total. The lowest BCUT2D eigenvalue weighted by molar-refractivity contribution is -0.122. The normalized spacial score (nSPS) is 20.4. The number of hydrogen-bond donors (Lipinski definition) is 3. The van der Waals surface area contributed by atoms with Crippen molar-refractivity contribution < 1.29 is 18.3 Å². The van der Waals surface area contributed by atoms with Crippen molar-refractivity contribution in [1.82, 2.24) is 10.0 Å². The van der Waals surface area contributed by atoms with E-state index in [2.05, 4.69) is 10.0 Å². The largest absolute Gasteiger partial charge is 0.508 e. The number of carbonyl (C=O) groups is 1. The summed E-state index contributed by atoms with van der Waals surface area (Å²) < 4.78 is 26.5. The van der Waals surface area contributed by atoms with Gasteiger partial charge in [0.1, 0.15) is 5.75 Å². The summed E-state index contributed by atoms with van der Waals surface area (Å²) in [7, 11) is -3.61. The summed E-state index contributed by atoms with van der Waals surface area (Å²) in [4.78, 5) is 11.1. The maximum atomic E-state index is 12.0. The van der Waals surface area contributed by atoms with Crippen LogP contribution in [0.1, 0.15) is 12.8 Å². The predicted molar refractivity (Wildman–Crippen MR) is 64.5 cm³/mol. The fourth-order valence-electron chi connectivity index (χ4n) is 1.75. The first kappa shape index (κ1) is 12.8. The van der Waals surface area contributed by atoms with E-state index in [0.29, 0.717) is 19.4 Å². The molecule has 0 aliphatic carbocycles. The molecule has 1 heterocycles. The van der Waals surface area contributed by atoms with Gasteiger partial charge in [-0.3, -0.25) is 4.79 Å². The number of phenolic OH excluding ortho intramolecular Hbond substituents is 1. The Morgan fingerprint density at radius 1 is 1.28 bits per heavy atom. The van der Waals surface area contributed by atoms with Crippen molar-refractivity contribution in [2.75, 3.05) is 6.54 Å². The molecule has 6 nitrogen and oxygen atoms in total. The topological polar surface area (TPSA) is 95.5 Å². The Bertz CT molecular complexity index is 529. The number of amides is 1. The molecule has 0 saturated carbocycles. The molecule has 0 bridgehead atoms. The highest BCUT2D eigenvalue weighted by atomic mass is 32.2. The van der Waals surface area contributed by atoms with Gasteiger partial charge in [-0.25, -0.2) is 13.1 Å². The Labute approximate surface area is 105 Å². The molecule has 1 aliphatic rings. The van der Waals surface area contributed by atoms with Crippen molar-refractivity contribution in [3.05, 3.63) is 24.3 Å². The third-order valence-corrected chi connectivity index (χ3v) is 4.27. The molecule has 2 rings (SSSR count). The molecular weight excluding hydrogens is 256 g/mol. The van der Waals surface area contributed by atoms with Gasteiger partial charge in [0, 0.05) is 19.0 Å². The van der Waals surface area contributed by atoms with Crippen LogP contribution >= 0.6 is 0 Å². The van der Waals surface area contributed by atoms with Gasteiger partial charge in [0.05, 0.1) is 4.90 Å². The Morgan fingerprint density at radius 3 is 2.50 bits per heavy atom. The summed E-state index contributed by atoms with van der Waals surface area (Å²) >= 11 is 0. The van der Waals surface area contributed by atoms with Gasteiger partial charge in [0.25, 0.3) is 0 Å². The summed E-state index contributed by atoms with van der Waals surface area (Å²) in [6.45, 7) is 0.302. The van der Waals surface area contributed by atoms with E-state index in [0.717, 1.165) is 0 Å². The maximum absolute atomic E-state index is 12.0. The third-order valence-electron chi connectivity index (χ3n) is 2.73. The summed E-state index contributed by atoms with van der Waals surface area (Å²) in [5, 5.41) is 11.7. The zero-order valence-electron chi connectivity index (χ0n) is 9.59. The van der Waals surface area contributed by atoms with Crippen LogP contribution in [0.15, 0.2) is 29.2 Å². The molecule has 1 atom stereocenters. The van der Waals surface area contributed by atoms with Crippen molar-refractivity contribution in [3.8, 4) is 5.75 Å². The lowest BCUT2D eigenvalue weighted by atomic mass is 10.1. The second-order valence-corrected chi connectivity index (χ2v) is 5.87. The van der Waals surface area contributed by atoms with Gasteiger partial charge in [0.2, 0.25) is 15.9 Å². The molecule has 1 aromatic rings. The molecule has 1 aliphatic heterocycles. The summed E-state index contributed by atoms with van der Waals surface area (Å²) in [5.41, 5.74) is 0. The van der Waals surface area contributed by atoms with Crippen LogP contribution in [-0.4, -0.2) is 32.0 Å². The van der Waals surface area contributed by atoms with Crippen LogP contribution in [0.3, 0.4) is 0 Å². The second-order valence-electron chi connectivity index (χ2n) is 4.15. The molecule has 1 aromatic carbocycles. The zero-order valence-corrected chi connectivity index (χ0v) is 10.4. The summed E-state index contributed by atoms with van der Waals surface area (Å²) in [6, 6.07) is 5.01. The van der Waals surface area contributed by atoms with E-state index in [4.69, 9.17) is 5.11 Å². The molecule has 1 fully saturated rings. The number of piperidine rings is 1. The molecule has 1 unspecified atom stereocenters. The van der Waals surface area contributed by atoms with Crippen molar-refractivity contribution in [2.24, 2.45) is 0 Å². The van der Waals surface area contributed by atoms with Crippen molar-refractivity contribution in [3.63, 3.8) is 0 Å². The molecule has 7 heteroatoms. The average molecular weight is 270 g/mol. The van der Waals surface area contributed by atoms with E-state index in [1.54, 1.807) is 0 Å². The van der Waals surface area contributed by atoms with Crippen LogP contribution in [0, 0.1) is 0 Å². The lowest BCUT2D eigenvalue weighted by Crippen LogP contribution is -2.47. The van der Waals surface area contributed by atoms with Gasteiger partial charge in [-0.1, -0.05) is 0 Å². The van der Waals surface area contributed by atoms with Gasteiger partial charge in [-0.15, -0.1) is 0 Å². The van der Waals surface area contributed by atoms with Crippen LogP contribution in [0.5, 0.6) is 5.75 Å². The van der Waals surface area contributed by atoms with Crippen molar-refractivity contribution >= 4 is 15.9 Å². The lowest BCUT2D eigenvalue weighted by Gasteiger charge is -2.23. The number of hydrogen-bond acceptors (Lipinski definition) is 4. The highest BCUT2D eigenvalue weighted by Crippen LogP contribution is 2.15. The van der Waals surface area contributed by atoms with Gasteiger partial charge in [0.15, 0.2) is 0 Å². The fourth-order valence-corrected chi connectivity index (χ4v) is 3.02. The van der Waals surface area contributed by atoms with Crippen LogP contribution in [-0.2, 0) is 14.8 Å². The highest BCUT2D eigenvalue weighted by Gasteiger charge is 2.23. The highest BCUT2D eigenvalue weighted by molar-refractivity contribution is 7.89. The predicted octanol–water partition coefficient (Wildman–Crippen LogP) is -0.0509. The number of aromatic hydroxyl groups is 1. The summed E-state index contributed by atoms with van der Waals surface area (Å²) in [5.74, 6) is -0.0473. The second kappa shape index (κ2) is 4.95.